The highest BCUT2D eigenvalue weighted by atomic mass is 16.3. The van der Waals surface area contributed by atoms with Crippen molar-refractivity contribution in [3.63, 3.8) is 0 Å². The molecule has 0 saturated heterocycles. The molecule has 0 aliphatic carbocycles. The van der Waals surface area contributed by atoms with Gasteiger partial charge in [-0.15, -0.1) is 0 Å². The summed E-state index contributed by atoms with van der Waals surface area (Å²) in [6, 6.07) is 16.5. The first kappa shape index (κ1) is 14.1. The van der Waals surface area contributed by atoms with Crippen molar-refractivity contribution in [1.29, 1.82) is 0 Å². The largest absolute Gasteiger partial charge is 0.460 e. The smallest absolute Gasteiger partial charge is 0.264 e. The monoisotopic (exact) mass is 329 g/mol. The molecule has 0 spiro atoms. The van der Waals surface area contributed by atoms with E-state index in [9.17, 15) is 0 Å². The van der Waals surface area contributed by atoms with Crippen LogP contribution in [0.4, 0.5) is 11.4 Å². The highest BCUT2D eigenvalue weighted by Gasteiger charge is 2.31. The van der Waals surface area contributed by atoms with E-state index in [4.69, 9.17) is 8.83 Å². The van der Waals surface area contributed by atoms with E-state index in [0.29, 0.717) is 0 Å². The number of para-hydroxylation sites is 1. The van der Waals surface area contributed by atoms with Crippen molar-refractivity contribution in [2.75, 3.05) is 0 Å². The van der Waals surface area contributed by atoms with Gasteiger partial charge in [-0.25, -0.2) is 0 Å². The van der Waals surface area contributed by atoms with Gasteiger partial charge in [0, 0.05) is 13.0 Å². The molecular formula is C21H17N2O2+. The van der Waals surface area contributed by atoms with Crippen LogP contribution in [-0.4, -0.2) is 10.4 Å². The van der Waals surface area contributed by atoms with Crippen LogP contribution >= 0.6 is 0 Å². The normalized spacial score (nSPS) is 13.0. The summed E-state index contributed by atoms with van der Waals surface area (Å²) in [5.74, 6) is 2.71. The fraction of sp³-hybridized carbons (Fsp3) is 0.0952. The maximum Gasteiger partial charge on any atom is 0.264 e. The molecule has 1 aliphatic rings. The molecule has 122 valence electrons. The molecule has 0 radical (unpaired) electrons. The molecule has 1 aromatic carbocycles. The number of benzene rings is 1. The van der Waals surface area contributed by atoms with Gasteiger partial charge in [-0.3, -0.25) is 0 Å². The van der Waals surface area contributed by atoms with Crippen molar-refractivity contribution in [1.82, 2.24) is 9.14 Å². The first-order valence-corrected chi connectivity index (χ1v) is 8.28. The summed E-state index contributed by atoms with van der Waals surface area (Å²) in [7, 11) is 0. The summed E-state index contributed by atoms with van der Waals surface area (Å²) in [6.07, 6.45) is 5.51. The Balaban J connectivity index is 1.94. The zero-order valence-corrected chi connectivity index (χ0v) is 14.1. The Hall–Kier alpha value is -3.27. The van der Waals surface area contributed by atoms with Gasteiger partial charge in [0.05, 0.1) is 24.3 Å². The quantitative estimate of drug-likeness (QED) is 0.436. The first-order valence-electron chi connectivity index (χ1n) is 8.28. The molecule has 1 aliphatic heterocycles. The Kier molecular flexibility index (Phi) is 2.88. The number of hydrogen-bond donors (Lipinski definition) is 0. The van der Waals surface area contributed by atoms with Crippen LogP contribution in [0.1, 0.15) is 12.5 Å². The van der Waals surface area contributed by atoms with Gasteiger partial charge in [0.15, 0.2) is 22.9 Å². The molecule has 0 atom stereocenters. The summed E-state index contributed by atoms with van der Waals surface area (Å²) in [6.45, 7) is 4.24. The molecule has 25 heavy (non-hydrogen) atoms. The fourth-order valence-corrected chi connectivity index (χ4v) is 3.62. The zero-order valence-electron chi connectivity index (χ0n) is 14.1. The summed E-state index contributed by atoms with van der Waals surface area (Å²) in [4.78, 5) is 0. The topological polar surface area (TPSA) is 34.2 Å². The molecule has 0 fully saturated rings. The van der Waals surface area contributed by atoms with Gasteiger partial charge in [0.25, 0.3) is 5.84 Å². The minimum absolute atomic E-state index is 0.818. The molecule has 4 nitrogen and oxygen atoms in total. The van der Waals surface area contributed by atoms with E-state index in [2.05, 4.69) is 59.5 Å². The van der Waals surface area contributed by atoms with Crippen LogP contribution in [-0.2, 0) is 0 Å². The summed E-state index contributed by atoms with van der Waals surface area (Å²) in [5.41, 5.74) is 5.32. The first-order chi connectivity index (χ1) is 12.3. The lowest BCUT2D eigenvalue weighted by Gasteiger charge is -2.15. The number of aryl methyl sites for hydroxylation is 1. The fourth-order valence-electron chi connectivity index (χ4n) is 3.62. The third-order valence-corrected chi connectivity index (χ3v) is 4.81. The van der Waals surface area contributed by atoms with Gasteiger partial charge in [-0.1, -0.05) is 18.2 Å². The predicted octanol–water partition coefficient (Wildman–Crippen LogP) is 5.43. The predicted molar refractivity (Wildman–Crippen MR) is 98.5 cm³/mol. The van der Waals surface area contributed by atoms with Gasteiger partial charge in [-0.05, 0) is 36.8 Å². The Bertz CT molecular complexity index is 1120. The third-order valence-electron chi connectivity index (χ3n) is 4.81. The van der Waals surface area contributed by atoms with Crippen molar-refractivity contribution in [3.8, 4) is 22.8 Å². The molecule has 0 amide bonds. The van der Waals surface area contributed by atoms with Gasteiger partial charge >= 0.3 is 0 Å². The molecule has 3 aromatic heterocycles. The lowest BCUT2D eigenvalue weighted by molar-refractivity contribution is 0.567. The van der Waals surface area contributed by atoms with E-state index in [1.165, 1.54) is 5.56 Å². The molecular weight excluding hydrogens is 312 g/mol. The van der Waals surface area contributed by atoms with Crippen LogP contribution in [0.5, 0.6) is 0 Å². The number of aromatic nitrogens is 1. The van der Waals surface area contributed by atoms with E-state index in [0.717, 1.165) is 40.0 Å². The van der Waals surface area contributed by atoms with Crippen molar-refractivity contribution in [2.45, 2.75) is 13.8 Å². The maximum absolute atomic E-state index is 5.88. The lowest BCUT2D eigenvalue weighted by atomic mass is 10.1. The average molecular weight is 329 g/mol. The number of rotatable bonds is 1. The number of nitrogens with zero attached hydrogens (tertiary/aromatic N) is 2. The second-order valence-corrected chi connectivity index (χ2v) is 6.23. The molecule has 0 N–H and O–H groups in total. The molecule has 0 saturated carbocycles. The van der Waals surface area contributed by atoms with Gasteiger partial charge in [-0.2, -0.15) is 9.14 Å². The van der Waals surface area contributed by atoms with Crippen LogP contribution < -0.4 is 4.58 Å². The van der Waals surface area contributed by atoms with Crippen LogP contribution in [0.15, 0.2) is 76.1 Å². The summed E-state index contributed by atoms with van der Waals surface area (Å²) >= 11 is 0. The highest BCUT2D eigenvalue weighted by Crippen LogP contribution is 2.42. The van der Waals surface area contributed by atoms with Crippen molar-refractivity contribution >= 4 is 17.2 Å². The van der Waals surface area contributed by atoms with E-state index in [1.54, 1.807) is 12.5 Å². The Morgan fingerprint density at radius 2 is 1.60 bits per heavy atom. The Morgan fingerprint density at radius 1 is 0.800 bits per heavy atom. The van der Waals surface area contributed by atoms with Gasteiger partial charge in [0.2, 0.25) is 0 Å². The second kappa shape index (κ2) is 5.11. The van der Waals surface area contributed by atoms with E-state index >= 15 is 0 Å². The van der Waals surface area contributed by atoms with Crippen LogP contribution in [0.3, 0.4) is 0 Å². The zero-order chi connectivity index (χ0) is 17.0. The van der Waals surface area contributed by atoms with E-state index in [-0.39, 0.29) is 0 Å². The summed E-state index contributed by atoms with van der Waals surface area (Å²) in [5, 5.41) is 0. The maximum atomic E-state index is 5.88. The molecule has 4 aromatic rings. The minimum atomic E-state index is 0.818. The average Bonchev–Trinajstić information content (AvgIpc) is 3.34. The van der Waals surface area contributed by atoms with Crippen molar-refractivity contribution in [3.05, 3.63) is 72.8 Å². The summed E-state index contributed by atoms with van der Waals surface area (Å²) < 4.78 is 16.1. The molecule has 0 unspecified atom stereocenters. The number of fused-ring (bicyclic) bond motifs is 5. The molecule has 0 bridgehead atoms. The van der Waals surface area contributed by atoms with Crippen molar-refractivity contribution < 1.29 is 8.83 Å². The molecule has 4 heterocycles. The number of furan rings is 2. The Morgan fingerprint density at radius 3 is 2.48 bits per heavy atom. The van der Waals surface area contributed by atoms with E-state index in [1.807, 2.05) is 18.2 Å². The van der Waals surface area contributed by atoms with E-state index < -0.39 is 0 Å². The SMILES string of the molecule is CC1=[N+](c2ccccc2C)c2ccoc2-c2ccoc2-c2cccn21. The van der Waals surface area contributed by atoms with Gasteiger partial charge in [0.1, 0.15) is 5.69 Å². The van der Waals surface area contributed by atoms with Crippen LogP contribution in [0, 0.1) is 6.92 Å². The van der Waals surface area contributed by atoms with Crippen LogP contribution in [0.25, 0.3) is 22.8 Å². The Labute approximate surface area is 145 Å². The number of hydrogen-bond acceptors (Lipinski definition) is 2. The van der Waals surface area contributed by atoms with Crippen LogP contribution in [0.2, 0.25) is 0 Å². The lowest BCUT2D eigenvalue weighted by Crippen LogP contribution is -2.23. The molecule has 5 rings (SSSR count). The highest BCUT2D eigenvalue weighted by molar-refractivity contribution is 5.97. The third kappa shape index (κ3) is 1.91. The standard InChI is InChI=1S/C21H17N2O2/c1-14-6-3-4-7-17(14)23-15(2)22-11-5-8-18(22)20-16(9-12-24-20)21-19(23)10-13-25-21/h3-13H,1-2H3/q+1. The second-order valence-electron chi connectivity index (χ2n) is 6.23. The minimum Gasteiger partial charge on any atom is -0.460 e. The molecule has 4 heteroatoms. The van der Waals surface area contributed by atoms with Gasteiger partial charge < -0.3 is 8.83 Å². The van der Waals surface area contributed by atoms with Crippen molar-refractivity contribution in [2.24, 2.45) is 0 Å².